The Morgan fingerprint density at radius 3 is 2.00 bits per heavy atom. The van der Waals surface area contributed by atoms with Crippen LogP contribution in [0.25, 0.3) is 0 Å². The number of allylic oxidation sites excluding steroid dienone is 2. The van der Waals surface area contributed by atoms with Crippen molar-refractivity contribution in [1.29, 1.82) is 0 Å². The van der Waals surface area contributed by atoms with E-state index in [1.165, 1.54) is 83.1 Å². The number of hydrogen-bond acceptors (Lipinski definition) is 0. The van der Waals surface area contributed by atoms with Gasteiger partial charge in [-0.1, -0.05) is 76.2 Å². The van der Waals surface area contributed by atoms with Crippen molar-refractivity contribution in [1.82, 2.24) is 0 Å². The highest BCUT2D eigenvalue weighted by Crippen LogP contribution is 2.37. The summed E-state index contributed by atoms with van der Waals surface area (Å²) in [5.74, 6) is 7.73. The molecule has 0 aliphatic heterocycles. The van der Waals surface area contributed by atoms with Crippen LogP contribution in [0.3, 0.4) is 0 Å². The highest BCUT2D eigenvalue weighted by Gasteiger charge is 2.23. The Morgan fingerprint density at radius 2 is 1.41 bits per heavy atom. The van der Waals surface area contributed by atoms with Crippen molar-refractivity contribution in [2.45, 2.75) is 84.0 Å². The lowest BCUT2D eigenvalue weighted by Crippen LogP contribution is -2.17. The second-order valence-electron chi connectivity index (χ2n) is 9.29. The topological polar surface area (TPSA) is 0 Å². The SMILES string of the molecule is CCC[C@H]1CC[C@H](CC[C@H]2CC[C@H](C=CC#Cc3ccc(F)c(F)c3)CC2)CC1. The van der Waals surface area contributed by atoms with Crippen molar-refractivity contribution in [3.05, 3.63) is 47.5 Å². The minimum atomic E-state index is -0.840. The number of benzene rings is 1. The van der Waals surface area contributed by atoms with Gasteiger partial charge in [-0.15, -0.1) is 0 Å². The Labute approximate surface area is 176 Å². The zero-order valence-electron chi connectivity index (χ0n) is 17.9. The van der Waals surface area contributed by atoms with E-state index in [-0.39, 0.29) is 0 Å². The van der Waals surface area contributed by atoms with E-state index in [4.69, 9.17) is 0 Å². The molecule has 0 atom stereocenters. The molecule has 2 heteroatoms. The minimum absolute atomic E-state index is 0.515. The van der Waals surface area contributed by atoms with Crippen molar-refractivity contribution < 1.29 is 8.78 Å². The third-order valence-corrected chi connectivity index (χ3v) is 7.13. The number of hydrogen-bond donors (Lipinski definition) is 0. The Morgan fingerprint density at radius 1 is 0.828 bits per heavy atom. The Balaban J connectivity index is 1.33. The van der Waals surface area contributed by atoms with E-state index in [1.54, 1.807) is 0 Å². The summed E-state index contributed by atoms with van der Waals surface area (Å²) < 4.78 is 26.1. The van der Waals surface area contributed by atoms with Gasteiger partial charge in [0.15, 0.2) is 11.6 Å². The molecule has 1 aromatic rings. The summed E-state index contributed by atoms with van der Waals surface area (Å²) in [6, 6.07) is 3.79. The Bertz CT molecular complexity index is 708. The van der Waals surface area contributed by atoms with Crippen LogP contribution in [0, 0.1) is 47.1 Å². The van der Waals surface area contributed by atoms with Gasteiger partial charge in [-0.25, -0.2) is 8.78 Å². The predicted molar refractivity (Wildman–Crippen MR) is 117 cm³/mol. The molecular formula is C27H36F2. The van der Waals surface area contributed by atoms with Gasteiger partial charge >= 0.3 is 0 Å². The van der Waals surface area contributed by atoms with E-state index in [0.717, 1.165) is 29.9 Å². The predicted octanol–water partition coefficient (Wildman–Crippen LogP) is 8.07. The largest absolute Gasteiger partial charge is 0.204 e. The number of rotatable bonds is 6. The van der Waals surface area contributed by atoms with Gasteiger partial charge < -0.3 is 0 Å². The molecule has 158 valence electrons. The van der Waals surface area contributed by atoms with Crippen molar-refractivity contribution in [2.24, 2.45) is 23.7 Å². The fraction of sp³-hybridized carbons (Fsp3) is 0.630. The van der Waals surface area contributed by atoms with Crippen LogP contribution in [0.15, 0.2) is 30.4 Å². The van der Waals surface area contributed by atoms with Gasteiger partial charge in [0.2, 0.25) is 0 Å². The summed E-state index contributed by atoms with van der Waals surface area (Å²) in [4.78, 5) is 0. The molecule has 0 unspecified atom stereocenters. The summed E-state index contributed by atoms with van der Waals surface area (Å²) in [6.07, 6.45) is 20.9. The average Bonchev–Trinajstić information content (AvgIpc) is 2.74. The monoisotopic (exact) mass is 398 g/mol. The first-order valence-corrected chi connectivity index (χ1v) is 11.8. The summed E-state index contributed by atoms with van der Waals surface area (Å²) in [5, 5.41) is 0. The lowest BCUT2D eigenvalue weighted by Gasteiger charge is -2.31. The minimum Gasteiger partial charge on any atom is -0.204 e. The van der Waals surface area contributed by atoms with E-state index in [9.17, 15) is 8.78 Å². The lowest BCUT2D eigenvalue weighted by atomic mass is 9.75. The molecule has 2 fully saturated rings. The summed E-state index contributed by atoms with van der Waals surface area (Å²) in [7, 11) is 0. The molecule has 0 saturated heterocycles. The van der Waals surface area contributed by atoms with Crippen LogP contribution in [-0.4, -0.2) is 0 Å². The molecule has 0 radical (unpaired) electrons. The molecule has 3 rings (SSSR count). The van der Waals surface area contributed by atoms with Crippen molar-refractivity contribution >= 4 is 0 Å². The van der Waals surface area contributed by atoms with Gasteiger partial charge in [-0.3, -0.25) is 0 Å². The maximum atomic E-state index is 13.2. The zero-order valence-corrected chi connectivity index (χ0v) is 17.9. The molecule has 0 nitrogen and oxygen atoms in total. The van der Waals surface area contributed by atoms with Crippen molar-refractivity contribution in [2.75, 3.05) is 0 Å². The van der Waals surface area contributed by atoms with Gasteiger partial charge in [0.1, 0.15) is 0 Å². The average molecular weight is 399 g/mol. The third-order valence-electron chi connectivity index (χ3n) is 7.13. The van der Waals surface area contributed by atoms with Crippen LogP contribution in [0.4, 0.5) is 8.78 Å². The molecular weight excluding hydrogens is 362 g/mol. The zero-order chi connectivity index (χ0) is 20.5. The van der Waals surface area contributed by atoms with Crippen molar-refractivity contribution in [3.63, 3.8) is 0 Å². The van der Waals surface area contributed by atoms with Gasteiger partial charge in [0.05, 0.1) is 0 Å². The molecule has 0 spiro atoms. The molecule has 0 heterocycles. The quantitative estimate of drug-likeness (QED) is 0.425. The fourth-order valence-electron chi connectivity index (χ4n) is 5.24. The van der Waals surface area contributed by atoms with Gasteiger partial charge in [0.25, 0.3) is 0 Å². The molecule has 2 aliphatic rings. The molecule has 2 aliphatic carbocycles. The molecule has 29 heavy (non-hydrogen) atoms. The number of halogens is 2. The van der Waals surface area contributed by atoms with Crippen LogP contribution < -0.4 is 0 Å². The molecule has 0 N–H and O–H groups in total. The molecule has 0 bridgehead atoms. The maximum absolute atomic E-state index is 13.2. The maximum Gasteiger partial charge on any atom is 0.160 e. The summed E-state index contributed by atoms with van der Waals surface area (Å²) in [5.41, 5.74) is 0.515. The van der Waals surface area contributed by atoms with E-state index >= 15 is 0 Å². The van der Waals surface area contributed by atoms with Gasteiger partial charge in [-0.05, 0) is 73.6 Å². The highest BCUT2D eigenvalue weighted by atomic mass is 19.2. The van der Waals surface area contributed by atoms with E-state index in [0.29, 0.717) is 11.5 Å². The highest BCUT2D eigenvalue weighted by molar-refractivity contribution is 5.37. The molecule has 0 amide bonds. The third kappa shape index (κ3) is 7.29. The lowest BCUT2D eigenvalue weighted by molar-refractivity contribution is 0.221. The second kappa shape index (κ2) is 11.5. The Kier molecular flexibility index (Phi) is 8.78. The molecule has 0 aromatic heterocycles. The fourth-order valence-corrected chi connectivity index (χ4v) is 5.24. The summed E-state index contributed by atoms with van der Waals surface area (Å²) in [6.45, 7) is 2.32. The van der Waals surface area contributed by atoms with Crippen LogP contribution in [0.2, 0.25) is 0 Å². The smallest absolute Gasteiger partial charge is 0.160 e. The molecule has 2 saturated carbocycles. The molecule has 1 aromatic carbocycles. The first-order chi connectivity index (χ1) is 14.1. The first kappa shape index (κ1) is 22.1. The van der Waals surface area contributed by atoms with Crippen LogP contribution in [0.5, 0.6) is 0 Å². The van der Waals surface area contributed by atoms with Crippen LogP contribution in [-0.2, 0) is 0 Å². The van der Waals surface area contributed by atoms with E-state index < -0.39 is 11.6 Å². The van der Waals surface area contributed by atoms with Crippen LogP contribution in [0.1, 0.15) is 89.5 Å². The van der Waals surface area contributed by atoms with E-state index in [2.05, 4.69) is 24.8 Å². The normalized spacial score (nSPS) is 27.6. The second-order valence-corrected chi connectivity index (χ2v) is 9.29. The summed E-state index contributed by atoms with van der Waals surface area (Å²) >= 11 is 0. The Hall–Kier alpha value is -1.62. The van der Waals surface area contributed by atoms with Gasteiger partial charge in [0, 0.05) is 5.56 Å². The van der Waals surface area contributed by atoms with Gasteiger partial charge in [-0.2, -0.15) is 0 Å². The standard InChI is InChI=1S/C27H36F2/c1-2-5-21-8-12-23(13-9-21)16-17-24-14-10-22(11-15-24)6-3-4-7-25-18-19-26(28)27(29)20-25/h3,6,18-24H,2,5,8-17H2,1H3/t21-,22-,23-,24-. The van der Waals surface area contributed by atoms with Crippen molar-refractivity contribution in [3.8, 4) is 11.8 Å². The first-order valence-electron chi connectivity index (χ1n) is 11.8. The van der Waals surface area contributed by atoms with E-state index in [1.807, 2.05) is 6.08 Å². The van der Waals surface area contributed by atoms with Crippen LogP contribution >= 0.6 is 0 Å².